The lowest BCUT2D eigenvalue weighted by Crippen LogP contribution is -2.58. The van der Waals surface area contributed by atoms with Crippen molar-refractivity contribution in [2.45, 2.75) is 44.8 Å². The van der Waals surface area contributed by atoms with E-state index >= 15 is 0 Å². The number of benzene rings is 1. The van der Waals surface area contributed by atoms with Crippen molar-refractivity contribution in [3.05, 3.63) is 35.4 Å². The molecule has 0 radical (unpaired) electrons. The van der Waals surface area contributed by atoms with E-state index < -0.39 is 0 Å². The Morgan fingerprint density at radius 1 is 1.04 bits per heavy atom. The highest BCUT2D eigenvalue weighted by molar-refractivity contribution is 5.21. The van der Waals surface area contributed by atoms with Gasteiger partial charge < -0.3 is 10.0 Å². The Bertz CT molecular complexity index is 496. The quantitative estimate of drug-likeness (QED) is 0.893. The zero-order chi connectivity index (χ0) is 16.9. The van der Waals surface area contributed by atoms with Gasteiger partial charge in [0.15, 0.2) is 0 Å². The lowest BCUT2D eigenvalue weighted by atomic mass is 9.98. The maximum absolute atomic E-state index is 9.53. The molecule has 24 heavy (non-hydrogen) atoms. The molecule has 0 aliphatic carbocycles. The van der Waals surface area contributed by atoms with Crippen LogP contribution in [0.2, 0.25) is 0 Å². The van der Waals surface area contributed by atoms with Crippen LogP contribution >= 0.6 is 0 Å². The average molecular weight is 332 g/mol. The van der Waals surface area contributed by atoms with Gasteiger partial charge in [0.05, 0.1) is 0 Å². The molecule has 134 valence electrons. The summed E-state index contributed by atoms with van der Waals surface area (Å²) in [5.74, 6) is 0. The Labute approximate surface area is 147 Å². The van der Waals surface area contributed by atoms with Crippen molar-refractivity contribution in [2.75, 3.05) is 46.4 Å². The van der Waals surface area contributed by atoms with Crippen LogP contribution in [0.4, 0.5) is 0 Å². The molecule has 1 aromatic rings. The molecule has 2 heterocycles. The van der Waals surface area contributed by atoms with Gasteiger partial charge in [-0.1, -0.05) is 29.8 Å². The molecule has 4 heteroatoms. The fourth-order valence-electron chi connectivity index (χ4n) is 4.24. The molecule has 0 unspecified atom stereocenters. The summed E-state index contributed by atoms with van der Waals surface area (Å²) in [5, 5.41) is 9.53. The highest BCUT2D eigenvalue weighted by Gasteiger charge is 2.32. The van der Waals surface area contributed by atoms with Gasteiger partial charge in [0, 0.05) is 44.9 Å². The third kappa shape index (κ3) is 4.57. The second kappa shape index (κ2) is 8.43. The van der Waals surface area contributed by atoms with E-state index in [4.69, 9.17) is 0 Å². The Morgan fingerprint density at radius 2 is 1.75 bits per heavy atom. The first kappa shape index (κ1) is 17.9. The molecule has 2 aliphatic heterocycles. The molecule has 1 atom stereocenters. The van der Waals surface area contributed by atoms with Crippen molar-refractivity contribution < 1.29 is 5.11 Å². The van der Waals surface area contributed by atoms with E-state index in [-0.39, 0.29) is 0 Å². The molecule has 2 aliphatic rings. The number of hydrogen-bond acceptors (Lipinski definition) is 4. The van der Waals surface area contributed by atoms with Crippen LogP contribution in [0.3, 0.4) is 0 Å². The van der Waals surface area contributed by atoms with Crippen LogP contribution in [0.5, 0.6) is 0 Å². The van der Waals surface area contributed by atoms with Gasteiger partial charge in [-0.15, -0.1) is 0 Å². The van der Waals surface area contributed by atoms with Crippen LogP contribution in [-0.4, -0.2) is 78.3 Å². The highest BCUT2D eigenvalue weighted by atomic mass is 16.3. The number of piperazine rings is 1. The zero-order valence-corrected chi connectivity index (χ0v) is 15.3. The largest absolute Gasteiger partial charge is 0.396 e. The molecule has 0 spiro atoms. The van der Waals surface area contributed by atoms with E-state index in [1.807, 2.05) is 0 Å². The smallest absolute Gasteiger partial charge is 0.0446 e. The molecule has 3 rings (SSSR count). The Hall–Kier alpha value is -0.940. The summed E-state index contributed by atoms with van der Waals surface area (Å²) in [6, 6.07) is 10.1. The normalized spacial score (nSPS) is 25.2. The minimum atomic E-state index is 0.298. The molecular weight excluding hydrogens is 298 g/mol. The van der Waals surface area contributed by atoms with Crippen LogP contribution in [0, 0.1) is 6.92 Å². The number of aliphatic hydroxyl groups excluding tert-OH is 1. The van der Waals surface area contributed by atoms with Gasteiger partial charge in [-0.2, -0.15) is 0 Å². The zero-order valence-electron chi connectivity index (χ0n) is 15.3. The van der Waals surface area contributed by atoms with Gasteiger partial charge in [0.25, 0.3) is 0 Å². The Kier molecular flexibility index (Phi) is 6.28. The standard InChI is InChI=1S/C20H33N3O/c1-17-3-5-18(6-4-17)15-22-12-13-23(20(16-22)9-14-24)19-7-10-21(2)11-8-19/h3-6,19-20,24H,7-16H2,1-2H3/t20-/m0/s1. The fourth-order valence-corrected chi connectivity index (χ4v) is 4.24. The van der Waals surface area contributed by atoms with Gasteiger partial charge in [-0.25, -0.2) is 0 Å². The Morgan fingerprint density at radius 3 is 2.42 bits per heavy atom. The molecule has 0 amide bonds. The predicted molar refractivity (Wildman–Crippen MR) is 99.2 cm³/mol. The number of aryl methyl sites for hydroxylation is 1. The van der Waals surface area contributed by atoms with Crippen LogP contribution in [0.1, 0.15) is 30.4 Å². The topological polar surface area (TPSA) is 30.0 Å². The van der Waals surface area contributed by atoms with E-state index in [1.165, 1.54) is 37.1 Å². The molecular formula is C20H33N3O. The van der Waals surface area contributed by atoms with Gasteiger partial charge in [-0.05, 0) is 51.9 Å². The average Bonchev–Trinajstić information content (AvgIpc) is 2.59. The maximum Gasteiger partial charge on any atom is 0.0446 e. The van der Waals surface area contributed by atoms with Gasteiger partial charge in [0.2, 0.25) is 0 Å². The fraction of sp³-hybridized carbons (Fsp3) is 0.700. The number of nitrogens with zero attached hydrogens (tertiary/aromatic N) is 3. The molecule has 0 aromatic heterocycles. The SMILES string of the molecule is Cc1ccc(CN2CCN(C3CCN(C)CC3)[C@@H](CCO)C2)cc1. The summed E-state index contributed by atoms with van der Waals surface area (Å²) < 4.78 is 0. The van der Waals surface area contributed by atoms with Gasteiger partial charge in [-0.3, -0.25) is 9.80 Å². The molecule has 2 saturated heterocycles. The summed E-state index contributed by atoms with van der Waals surface area (Å²) in [7, 11) is 2.22. The summed E-state index contributed by atoms with van der Waals surface area (Å²) in [6.07, 6.45) is 3.45. The number of likely N-dealkylation sites (tertiary alicyclic amines) is 1. The van der Waals surface area contributed by atoms with Crippen LogP contribution in [0.15, 0.2) is 24.3 Å². The van der Waals surface area contributed by atoms with Crippen molar-refractivity contribution in [3.63, 3.8) is 0 Å². The Balaban J connectivity index is 1.59. The highest BCUT2D eigenvalue weighted by Crippen LogP contribution is 2.23. The summed E-state index contributed by atoms with van der Waals surface area (Å²) in [4.78, 5) is 7.70. The van der Waals surface area contributed by atoms with Crippen molar-refractivity contribution in [1.82, 2.24) is 14.7 Å². The van der Waals surface area contributed by atoms with Crippen molar-refractivity contribution >= 4 is 0 Å². The number of hydrogen-bond donors (Lipinski definition) is 1. The van der Waals surface area contributed by atoms with Gasteiger partial charge in [0.1, 0.15) is 0 Å². The molecule has 1 N–H and O–H groups in total. The van der Waals surface area contributed by atoms with E-state index in [2.05, 4.69) is 52.9 Å². The third-order valence-electron chi connectivity index (χ3n) is 5.76. The van der Waals surface area contributed by atoms with E-state index in [1.54, 1.807) is 0 Å². The van der Waals surface area contributed by atoms with Crippen LogP contribution < -0.4 is 0 Å². The minimum absolute atomic E-state index is 0.298. The second-order valence-electron chi connectivity index (χ2n) is 7.66. The summed E-state index contributed by atoms with van der Waals surface area (Å²) in [5.41, 5.74) is 2.72. The molecule has 0 saturated carbocycles. The first-order chi connectivity index (χ1) is 11.7. The molecule has 2 fully saturated rings. The third-order valence-corrected chi connectivity index (χ3v) is 5.76. The maximum atomic E-state index is 9.53. The second-order valence-corrected chi connectivity index (χ2v) is 7.66. The van der Waals surface area contributed by atoms with E-state index in [0.717, 1.165) is 32.6 Å². The molecule has 4 nitrogen and oxygen atoms in total. The minimum Gasteiger partial charge on any atom is -0.396 e. The van der Waals surface area contributed by atoms with Crippen LogP contribution in [0.25, 0.3) is 0 Å². The number of aliphatic hydroxyl groups is 1. The van der Waals surface area contributed by atoms with Gasteiger partial charge >= 0.3 is 0 Å². The molecule has 1 aromatic carbocycles. The van der Waals surface area contributed by atoms with E-state index in [0.29, 0.717) is 18.7 Å². The lowest BCUT2D eigenvalue weighted by Gasteiger charge is -2.47. The predicted octanol–water partition coefficient (Wildman–Crippen LogP) is 1.96. The van der Waals surface area contributed by atoms with Crippen LogP contribution in [-0.2, 0) is 6.54 Å². The first-order valence-electron chi connectivity index (χ1n) is 9.49. The number of rotatable bonds is 5. The summed E-state index contributed by atoms with van der Waals surface area (Å²) >= 11 is 0. The van der Waals surface area contributed by atoms with Crippen molar-refractivity contribution in [2.24, 2.45) is 0 Å². The van der Waals surface area contributed by atoms with Crippen molar-refractivity contribution in [3.8, 4) is 0 Å². The van der Waals surface area contributed by atoms with Crippen molar-refractivity contribution in [1.29, 1.82) is 0 Å². The summed E-state index contributed by atoms with van der Waals surface area (Å²) in [6.45, 7) is 9.26. The first-order valence-corrected chi connectivity index (χ1v) is 9.49. The van der Waals surface area contributed by atoms with E-state index in [9.17, 15) is 5.11 Å². The lowest BCUT2D eigenvalue weighted by molar-refractivity contribution is 0.00600. The monoisotopic (exact) mass is 331 g/mol. The number of piperidine rings is 1. The molecule has 0 bridgehead atoms.